The Labute approximate surface area is 181 Å². The number of carbonyl (C=O) groups is 1. The second-order valence-electron chi connectivity index (χ2n) is 8.13. The van der Waals surface area contributed by atoms with E-state index in [0.29, 0.717) is 19.5 Å². The van der Waals surface area contributed by atoms with Crippen molar-refractivity contribution in [2.24, 2.45) is 0 Å². The highest BCUT2D eigenvalue weighted by molar-refractivity contribution is 9.10. The van der Waals surface area contributed by atoms with Gasteiger partial charge in [-0.25, -0.2) is 4.79 Å². The van der Waals surface area contributed by atoms with Crippen LogP contribution in [0.5, 0.6) is 5.75 Å². The summed E-state index contributed by atoms with van der Waals surface area (Å²) in [7, 11) is -1.07. The third-order valence-electron chi connectivity index (χ3n) is 4.50. The van der Waals surface area contributed by atoms with Gasteiger partial charge < -0.3 is 14.7 Å². The van der Waals surface area contributed by atoms with Crippen molar-refractivity contribution < 1.29 is 14.6 Å². The number of thiophene rings is 1. The van der Waals surface area contributed by atoms with E-state index in [0.717, 1.165) is 27.9 Å². The maximum atomic E-state index is 11.7. The summed E-state index contributed by atoms with van der Waals surface area (Å²) in [6.07, 6.45) is 1.64. The van der Waals surface area contributed by atoms with Gasteiger partial charge in [0.05, 0.1) is 4.47 Å². The van der Waals surface area contributed by atoms with Crippen LogP contribution >= 0.6 is 27.3 Å². The molecule has 0 saturated carbocycles. The zero-order valence-corrected chi connectivity index (χ0v) is 20.3. The SMILES string of the molecule is C[Si](C)(C)CCCCN(CCC(Oc1ccccc1Br)c1cccs1)C(=O)O. The van der Waals surface area contributed by atoms with E-state index in [1.165, 1.54) is 10.9 Å². The summed E-state index contributed by atoms with van der Waals surface area (Å²) >= 11 is 5.17. The number of para-hydroxylation sites is 1. The molecule has 1 amide bonds. The first kappa shape index (κ1) is 23.0. The van der Waals surface area contributed by atoms with Gasteiger partial charge in [0.25, 0.3) is 0 Å². The van der Waals surface area contributed by atoms with Crippen LogP contribution < -0.4 is 4.74 Å². The van der Waals surface area contributed by atoms with Gasteiger partial charge in [-0.2, -0.15) is 0 Å². The molecular weight excluding hydrogens is 454 g/mol. The summed E-state index contributed by atoms with van der Waals surface area (Å²) in [6, 6.07) is 13.0. The molecule has 1 N–H and O–H groups in total. The third-order valence-corrected chi connectivity index (χ3v) is 7.98. The summed E-state index contributed by atoms with van der Waals surface area (Å²) in [6.45, 7) is 8.12. The topological polar surface area (TPSA) is 49.8 Å². The van der Waals surface area contributed by atoms with Crippen LogP contribution in [0.4, 0.5) is 4.79 Å². The third kappa shape index (κ3) is 7.97. The van der Waals surface area contributed by atoms with E-state index in [2.05, 4.69) is 35.6 Å². The van der Waals surface area contributed by atoms with Crippen LogP contribution in [0.2, 0.25) is 25.7 Å². The van der Waals surface area contributed by atoms with Crippen LogP contribution in [-0.4, -0.2) is 37.3 Å². The van der Waals surface area contributed by atoms with E-state index in [4.69, 9.17) is 4.74 Å². The van der Waals surface area contributed by atoms with Gasteiger partial charge in [-0.15, -0.1) is 11.3 Å². The summed E-state index contributed by atoms with van der Waals surface area (Å²) in [5.41, 5.74) is 0. The number of benzene rings is 1. The standard InChI is InChI=1S/C21H30BrNO3SSi/c1-28(2,3)16-7-6-13-23(21(24)25)14-12-19(20-11-8-15-27-20)26-18-10-5-4-9-17(18)22/h4-5,8-11,15,19H,6-7,12-14,16H2,1-3H3,(H,24,25). The molecule has 154 valence electrons. The number of unbranched alkanes of at least 4 members (excludes halogenated alkanes) is 1. The number of nitrogens with zero attached hydrogens (tertiary/aromatic N) is 1. The Balaban J connectivity index is 1.96. The maximum absolute atomic E-state index is 11.7. The van der Waals surface area contributed by atoms with Gasteiger partial charge in [0.1, 0.15) is 11.9 Å². The maximum Gasteiger partial charge on any atom is 0.407 e. The van der Waals surface area contributed by atoms with Crippen LogP contribution in [0, 0.1) is 0 Å². The molecule has 0 radical (unpaired) electrons. The molecule has 7 heteroatoms. The summed E-state index contributed by atoms with van der Waals surface area (Å²) in [4.78, 5) is 14.3. The van der Waals surface area contributed by atoms with Crippen molar-refractivity contribution in [1.82, 2.24) is 4.90 Å². The number of rotatable bonds is 11. The lowest BCUT2D eigenvalue weighted by Gasteiger charge is -2.24. The fourth-order valence-corrected chi connectivity index (χ4v) is 5.44. The molecular formula is C21H30BrNO3SSi. The van der Waals surface area contributed by atoms with Gasteiger partial charge in [-0.3, -0.25) is 0 Å². The van der Waals surface area contributed by atoms with Crippen LogP contribution in [0.25, 0.3) is 0 Å². The minimum atomic E-state index is -1.07. The number of amides is 1. The van der Waals surface area contributed by atoms with E-state index in [1.807, 2.05) is 41.8 Å². The van der Waals surface area contributed by atoms with Crippen molar-refractivity contribution in [3.05, 3.63) is 51.1 Å². The predicted octanol–water partition coefficient (Wildman–Crippen LogP) is 7.12. The molecule has 1 aromatic heterocycles. The van der Waals surface area contributed by atoms with E-state index < -0.39 is 14.2 Å². The highest BCUT2D eigenvalue weighted by Gasteiger charge is 2.20. The first-order chi connectivity index (χ1) is 13.3. The van der Waals surface area contributed by atoms with E-state index >= 15 is 0 Å². The van der Waals surface area contributed by atoms with Crippen LogP contribution in [-0.2, 0) is 0 Å². The van der Waals surface area contributed by atoms with Gasteiger partial charge in [0, 0.05) is 32.5 Å². The van der Waals surface area contributed by atoms with Gasteiger partial charge >= 0.3 is 6.09 Å². The second kappa shape index (κ2) is 11.0. The van der Waals surface area contributed by atoms with Crippen molar-refractivity contribution in [3.8, 4) is 5.75 Å². The molecule has 2 aromatic rings. The Hall–Kier alpha value is -1.31. The average molecular weight is 485 g/mol. The first-order valence-electron chi connectivity index (χ1n) is 9.69. The number of halogens is 1. The molecule has 28 heavy (non-hydrogen) atoms. The average Bonchev–Trinajstić information content (AvgIpc) is 3.14. The van der Waals surface area contributed by atoms with Crippen molar-refractivity contribution in [2.45, 2.75) is 51.1 Å². The summed E-state index contributed by atoms with van der Waals surface area (Å²) in [5.74, 6) is 0.776. The Morgan fingerprint density at radius 2 is 1.93 bits per heavy atom. The van der Waals surface area contributed by atoms with E-state index in [-0.39, 0.29) is 6.10 Å². The zero-order valence-electron chi connectivity index (χ0n) is 16.9. The Bertz CT molecular complexity index is 734. The lowest BCUT2D eigenvalue weighted by atomic mass is 10.2. The molecule has 4 nitrogen and oxygen atoms in total. The van der Waals surface area contributed by atoms with Gasteiger partial charge in [-0.05, 0) is 45.9 Å². The molecule has 0 aliphatic carbocycles. The molecule has 1 aromatic carbocycles. The molecule has 0 bridgehead atoms. The van der Waals surface area contributed by atoms with E-state index in [9.17, 15) is 9.90 Å². The van der Waals surface area contributed by atoms with Gasteiger partial charge in [0.15, 0.2) is 0 Å². The fourth-order valence-electron chi connectivity index (χ4n) is 2.96. The molecule has 2 rings (SSSR count). The minimum Gasteiger partial charge on any atom is -0.484 e. The molecule has 0 fully saturated rings. The lowest BCUT2D eigenvalue weighted by molar-refractivity contribution is 0.129. The Morgan fingerprint density at radius 1 is 1.18 bits per heavy atom. The zero-order chi connectivity index (χ0) is 20.6. The predicted molar refractivity (Wildman–Crippen MR) is 123 cm³/mol. The monoisotopic (exact) mass is 483 g/mol. The molecule has 1 heterocycles. The number of hydrogen-bond acceptors (Lipinski definition) is 3. The largest absolute Gasteiger partial charge is 0.484 e. The second-order valence-corrected chi connectivity index (χ2v) is 15.6. The molecule has 1 atom stereocenters. The van der Waals surface area contributed by atoms with Crippen molar-refractivity contribution in [3.63, 3.8) is 0 Å². The first-order valence-corrected chi connectivity index (χ1v) is 15.1. The molecule has 0 saturated heterocycles. The highest BCUT2D eigenvalue weighted by Crippen LogP contribution is 2.32. The normalized spacial score (nSPS) is 12.6. The molecule has 0 spiro atoms. The lowest BCUT2D eigenvalue weighted by Crippen LogP contribution is -2.33. The van der Waals surface area contributed by atoms with Crippen molar-refractivity contribution in [1.29, 1.82) is 0 Å². The smallest absolute Gasteiger partial charge is 0.407 e. The molecule has 0 aliphatic heterocycles. The van der Waals surface area contributed by atoms with E-state index in [1.54, 1.807) is 11.3 Å². The molecule has 1 unspecified atom stereocenters. The summed E-state index contributed by atoms with van der Waals surface area (Å²) < 4.78 is 7.14. The van der Waals surface area contributed by atoms with Gasteiger partial charge in [0.2, 0.25) is 0 Å². The van der Waals surface area contributed by atoms with Crippen molar-refractivity contribution >= 4 is 41.4 Å². The van der Waals surface area contributed by atoms with Gasteiger partial charge in [-0.1, -0.05) is 50.3 Å². The quantitative estimate of drug-likeness (QED) is 0.273. The van der Waals surface area contributed by atoms with Crippen LogP contribution in [0.3, 0.4) is 0 Å². The Kier molecular flexibility index (Phi) is 9.04. The number of ether oxygens (including phenoxy) is 1. The van der Waals surface area contributed by atoms with Crippen LogP contribution in [0.15, 0.2) is 46.3 Å². The molecule has 0 aliphatic rings. The minimum absolute atomic E-state index is 0.164. The number of hydrogen-bond donors (Lipinski definition) is 1. The summed E-state index contributed by atoms with van der Waals surface area (Å²) in [5, 5.41) is 11.6. The number of carboxylic acid groups (broad SMARTS) is 1. The fraction of sp³-hybridized carbons (Fsp3) is 0.476. The van der Waals surface area contributed by atoms with Crippen molar-refractivity contribution in [2.75, 3.05) is 13.1 Å². The highest BCUT2D eigenvalue weighted by atomic mass is 79.9. The van der Waals surface area contributed by atoms with Crippen LogP contribution in [0.1, 0.15) is 30.2 Å². The Morgan fingerprint density at radius 3 is 2.54 bits per heavy atom.